The van der Waals surface area contributed by atoms with Gasteiger partial charge in [0.25, 0.3) is 5.91 Å². The first-order chi connectivity index (χ1) is 9.06. The van der Waals surface area contributed by atoms with Crippen molar-refractivity contribution in [2.45, 2.75) is 31.8 Å². The van der Waals surface area contributed by atoms with Crippen molar-refractivity contribution in [1.82, 2.24) is 5.32 Å². The molecule has 4 nitrogen and oxygen atoms in total. The third-order valence-electron chi connectivity index (χ3n) is 3.51. The third kappa shape index (κ3) is 3.94. The summed E-state index contributed by atoms with van der Waals surface area (Å²) in [4.78, 5) is 12.0. The van der Waals surface area contributed by atoms with Gasteiger partial charge in [0.05, 0.1) is 11.7 Å². The smallest absolute Gasteiger partial charge is 0.255 e. The highest BCUT2D eigenvalue weighted by molar-refractivity contribution is 9.10. The van der Waals surface area contributed by atoms with Gasteiger partial charge in [0.15, 0.2) is 0 Å². The van der Waals surface area contributed by atoms with Crippen LogP contribution < -0.4 is 5.32 Å². The Morgan fingerprint density at radius 2 is 2.21 bits per heavy atom. The van der Waals surface area contributed by atoms with Crippen LogP contribution in [0.5, 0.6) is 5.75 Å². The van der Waals surface area contributed by atoms with Crippen molar-refractivity contribution in [3.63, 3.8) is 0 Å². The van der Waals surface area contributed by atoms with Gasteiger partial charge in [-0.05, 0) is 43.4 Å². The first kappa shape index (κ1) is 14.3. The number of nitrogens with one attached hydrogen (secondary N) is 1. The monoisotopic (exact) mass is 327 g/mol. The van der Waals surface area contributed by atoms with Crippen molar-refractivity contribution < 1.29 is 15.0 Å². The number of rotatable bonds is 3. The topological polar surface area (TPSA) is 69.6 Å². The second-order valence-corrected chi connectivity index (χ2v) is 5.97. The molecule has 1 aromatic rings. The lowest BCUT2D eigenvalue weighted by Crippen LogP contribution is -2.33. The fourth-order valence-electron chi connectivity index (χ4n) is 2.47. The fourth-order valence-corrected chi connectivity index (χ4v) is 2.83. The van der Waals surface area contributed by atoms with Crippen LogP contribution in [-0.2, 0) is 0 Å². The highest BCUT2D eigenvalue weighted by Gasteiger charge is 2.21. The Balaban J connectivity index is 1.92. The SMILES string of the molecule is O=C(NCC1CCCC(O)C1)c1cc(Br)ccc1O. The number of hydrogen-bond acceptors (Lipinski definition) is 3. The van der Waals surface area contributed by atoms with E-state index in [4.69, 9.17) is 0 Å². The minimum Gasteiger partial charge on any atom is -0.507 e. The molecule has 104 valence electrons. The van der Waals surface area contributed by atoms with Crippen LogP contribution in [0.2, 0.25) is 0 Å². The molecule has 2 rings (SSSR count). The Kier molecular flexibility index (Phi) is 4.82. The molecule has 0 heterocycles. The molecule has 5 heteroatoms. The largest absolute Gasteiger partial charge is 0.507 e. The van der Waals surface area contributed by atoms with Gasteiger partial charge in [-0.25, -0.2) is 0 Å². The van der Waals surface area contributed by atoms with Crippen LogP contribution in [0.15, 0.2) is 22.7 Å². The number of hydrogen-bond donors (Lipinski definition) is 3. The molecule has 0 aliphatic heterocycles. The van der Waals surface area contributed by atoms with Crippen LogP contribution in [-0.4, -0.2) is 28.8 Å². The molecule has 0 radical (unpaired) electrons. The summed E-state index contributed by atoms with van der Waals surface area (Å²) in [6, 6.07) is 4.77. The van der Waals surface area contributed by atoms with Crippen molar-refractivity contribution >= 4 is 21.8 Å². The van der Waals surface area contributed by atoms with Gasteiger partial charge in [0, 0.05) is 11.0 Å². The number of aliphatic hydroxyl groups excluding tert-OH is 1. The Morgan fingerprint density at radius 1 is 1.42 bits per heavy atom. The summed E-state index contributed by atoms with van der Waals surface area (Å²) in [5.41, 5.74) is 0.269. The zero-order valence-electron chi connectivity index (χ0n) is 10.6. The number of phenolic OH excluding ortho intramolecular Hbond substituents is 1. The molecular formula is C14H18BrNO3. The molecular weight excluding hydrogens is 310 g/mol. The molecule has 19 heavy (non-hydrogen) atoms. The molecule has 2 unspecified atom stereocenters. The number of halogens is 1. The summed E-state index contributed by atoms with van der Waals surface area (Å²) in [6.45, 7) is 0.543. The van der Waals surface area contributed by atoms with E-state index >= 15 is 0 Å². The normalized spacial score (nSPS) is 23.1. The van der Waals surface area contributed by atoms with E-state index in [2.05, 4.69) is 21.2 Å². The second kappa shape index (κ2) is 6.39. The number of aliphatic hydroxyl groups is 1. The number of phenols is 1. The van der Waals surface area contributed by atoms with Crippen LogP contribution in [0, 0.1) is 5.92 Å². The molecule has 1 aliphatic carbocycles. The van der Waals surface area contributed by atoms with Crippen LogP contribution in [0.1, 0.15) is 36.0 Å². The Labute approximate surface area is 121 Å². The van der Waals surface area contributed by atoms with E-state index in [-0.39, 0.29) is 23.3 Å². The van der Waals surface area contributed by atoms with Crippen LogP contribution in [0.4, 0.5) is 0 Å². The molecule has 0 spiro atoms. The second-order valence-electron chi connectivity index (χ2n) is 5.06. The van der Waals surface area contributed by atoms with E-state index in [1.807, 2.05) is 0 Å². The molecule has 0 saturated heterocycles. The average molecular weight is 328 g/mol. The zero-order valence-corrected chi connectivity index (χ0v) is 12.2. The van der Waals surface area contributed by atoms with Gasteiger partial charge in [-0.3, -0.25) is 4.79 Å². The lowest BCUT2D eigenvalue weighted by molar-refractivity contribution is 0.0871. The lowest BCUT2D eigenvalue weighted by Gasteiger charge is -2.25. The van der Waals surface area contributed by atoms with E-state index < -0.39 is 0 Å². The maximum atomic E-state index is 12.0. The summed E-state index contributed by atoms with van der Waals surface area (Å²) >= 11 is 3.28. The molecule has 3 N–H and O–H groups in total. The lowest BCUT2D eigenvalue weighted by atomic mass is 9.87. The Hall–Kier alpha value is -1.07. The molecule has 1 fully saturated rings. The standard InChI is InChI=1S/C14H18BrNO3/c15-10-4-5-13(18)12(7-10)14(19)16-8-9-2-1-3-11(17)6-9/h4-5,7,9,11,17-18H,1-3,6,8H2,(H,16,19). The number of amides is 1. The van der Waals surface area contributed by atoms with Gasteiger partial charge in [-0.15, -0.1) is 0 Å². The van der Waals surface area contributed by atoms with E-state index in [1.54, 1.807) is 12.1 Å². The van der Waals surface area contributed by atoms with Gasteiger partial charge >= 0.3 is 0 Å². The van der Waals surface area contributed by atoms with Crippen molar-refractivity contribution in [3.8, 4) is 5.75 Å². The first-order valence-corrected chi connectivity index (χ1v) is 7.30. The molecule has 1 amide bonds. The van der Waals surface area contributed by atoms with Crippen molar-refractivity contribution in [1.29, 1.82) is 0 Å². The molecule has 2 atom stereocenters. The predicted molar refractivity (Wildman–Crippen MR) is 76.1 cm³/mol. The first-order valence-electron chi connectivity index (χ1n) is 6.51. The summed E-state index contributed by atoms with van der Waals surface area (Å²) in [5.74, 6) is 0.0187. The Bertz CT molecular complexity index is 464. The average Bonchev–Trinajstić information content (AvgIpc) is 2.39. The van der Waals surface area contributed by atoms with E-state index in [0.29, 0.717) is 12.5 Å². The quantitative estimate of drug-likeness (QED) is 0.798. The maximum absolute atomic E-state index is 12.0. The maximum Gasteiger partial charge on any atom is 0.255 e. The van der Waals surface area contributed by atoms with Gasteiger partial charge < -0.3 is 15.5 Å². The van der Waals surface area contributed by atoms with Gasteiger partial charge in [-0.2, -0.15) is 0 Å². The van der Waals surface area contributed by atoms with E-state index in [1.165, 1.54) is 6.07 Å². The summed E-state index contributed by atoms with van der Waals surface area (Å²) in [5, 5.41) is 22.1. The molecule has 1 saturated carbocycles. The minimum absolute atomic E-state index is 0.0237. The number of carbonyl (C=O) groups is 1. The van der Waals surface area contributed by atoms with Crippen molar-refractivity contribution in [2.75, 3.05) is 6.54 Å². The Morgan fingerprint density at radius 3 is 2.95 bits per heavy atom. The number of benzene rings is 1. The predicted octanol–water partition coefficient (Wildman–Crippen LogP) is 2.44. The van der Waals surface area contributed by atoms with E-state index in [9.17, 15) is 15.0 Å². The fraction of sp³-hybridized carbons (Fsp3) is 0.500. The van der Waals surface area contributed by atoms with Gasteiger partial charge in [-0.1, -0.05) is 22.4 Å². The summed E-state index contributed by atoms with van der Waals surface area (Å²) < 4.78 is 0.753. The summed E-state index contributed by atoms with van der Waals surface area (Å²) in [7, 11) is 0. The highest BCUT2D eigenvalue weighted by atomic mass is 79.9. The highest BCUT2D eigenvalue weighted by Crippen LogP contribution is 2.24. The van der Waals surface area contributed by atoms with Gasteiger partial charge in [0.2, 0.25) is 0 Å². The zero-order chi connectivity index (χ0) is 13.8. The molecule has 1 aromatic carbocycles. The van der Waals surface area contributed by atoms with Gasteiger partial charge in [0.1, 0.15) is 5.75 Å². The number of aromatic hydroxyl groups is 1. The van der Waals surface area contributed by atoms with Crippen molar-refractivity contribution in [3.05, 3.63) is 28.2 Å². The minimum atomic E-state index is -0.279. The third-order valence-corrected chi connectivity index (χ3v) is 4.00. The van der Waals surface area contributed by atoms with Crippen LogP contribution in [0.3, 0.4) is 0 Å². The molecule has 1 aliphatic rings. The van der Waals surface area contributed by atoms with E-state index in [0.717, 1.165) is 30.2 Å². The summed E-state index contributed by atoms with van der Waals surface area (Å²) in [6.07, 6.45) is 3.39. The number of carbonyl (C=O) groups excluding carboxylic acids is 1. The van der Waals surface area contributed by atoms with Crippen LogP contribution >= 0.6 is 15.9 Å². The van der Waals surface area contributed by atoms with Crippen LogP contribution in [0.25, 0.3) is 0 Å². The molecule has 0 bridgehead atoms. The van der Waals surface area contributed by atoms with Crippen molar-refractivity contribution in [2.24, 2.45) is 5.92 Å². The molecule has 0 aromatic heterocycles.